The minimum absolute atomic E-state index is 0.0804. The Morgan fingerprint density at radius 3 is 2.64 bits per heavy atom. The van der Waals surface area contributed by atoms with Gasteiger partial charge < -0.3 is 14.5 Å². The van der Waals surface area contributed by atoms with E-state index in [-0.39, 0.29) is 11.7 Å². The number of hydrogen-bond acceptors (Lipinski definition) is 4. The first-order chi connectivity index (χ1) is 13.6. The average molecular weight is 419 g/mol. The third kappa shape index (κ3) is 3.66. The van der Waals surface area contributed by atoms with E-state index in [9.17, 15) is 9.18 Å². The first kappa shape index (κ1) is 19.0. The van der Waals surface area contributed by atoms with Crippen LogP contribution in [0.3, 0.4) is 0 Å². The van der Waals surface area contributed by atoms with Gasteiger partial charge in [-0.15, -0.1) is 11.3 Å². The van der Waals surface area contributed by atoms with Crippen LogP contribution < -0.4 is 9.64 Å². The van der Waals surface area contributed by atoms with Crippen LogP contribution in [0.15, 0.2) is 42.5 Å². The molecule has 0 bridgehead atoms. The van der Waals surface area contributed by atoms with Crippen LogP contribution in [0.4, 0.5) is 10.1 Å². The number of carbonyl (C=O) groups is 1. The quantitative estimate of drug-likeness (QED) is 0.596. The fraction of sp³-hybridized carbons (Fsp3) is 0.286. The Morgan fingerprint density at radius 1 is 1.11 bits per heavy atom. The molecule has 0 radical (unpaired) electrons. The highest BCUT2D eigenvalue weighted by Crippen LogP contribution is 2.36. The summed E-state index contributed by atoms with van der Waals surface area (Å²) >= 11 is 7.69. The summed E-state index contributed by atoms with van der Waals surface area (Å²) in [4.78, 5) is 17.7. The Balaban J connectivity index is 1.51. The number of thiophene rings is 1. The van der Waals surface area contributed by atoms with Gasteiger partial charge in [-0.1, -0.05) is 11.6 Å². The molecule has 4 rings (SSSR count). The molecular formula is C21H20ClFN2O2S. The summed E-state index contributed by atoms with van der Waals surface area (Å²) in [5, 5.41) is 1.15. The summed E-state index contributed by atoms with van der Waals surface area (Å²) in [5.41, 5.74) is 1.12. The maximum absolute atomic E-state index is 13.5. The van der Waals surface area contributed by atoms with Gasteiger partial charge in [0.15, 0.2) is 0 Å². The Morgan fingerprint density at radius 2 is 1.89 bits per heavy atom. The van der Waals surface area contributed by atoms with E-state index in [4.69, 9.17) is 16.3 Å². The molecular weight excluding hydrogens is 399 g/mol. The maximum atomic E-state index is 13.5. The smallest absolute Gasteiger partial charge is 0.265 e. The number of methoxy groups -OCH3 is 1. The van der Waals surface area contributed by atoms with Crippen LogP contribution in [-0.4, -0.2) is 44.1 Å². The molecule has 1 aromatic heterocycles. The number of anilines is 1. The Bertz CT molecular complexity index is 1010. The molecule has 0 unspecified atom stereocenters. The van der Waals surface area contributed by atoms with Crippen LogP contribution in [0.25, 0.3) is 10.1 Å². The van der Waals surface area contributed by atoms with Crippen molar-refractivity contribution < 1.29 is 13.9 Å². The number of amides is 1. The Kier molecular flexibility index (Phi) is 5.42. The molecule has 2 aromatic carbocycles. The fourth-order valence-electron chi connectivity index (χ4n) is 3.49. The number of halogens is 2. The highest BCUT2D eigenvalue weighted by molar-refractivity contribution is 7.21. The topological polar surface area (TPSA) is 32.8 Å². The van der Waals surface area contributed by atoms with Crippen molar-refractivity contribution in [3.05, 3.63) is 58.2 Å². The van der Waals surface area contributed by atoms with Crippen molar-refractivity contribution in [3.8, 4) is 5.75 Å². The zero-order valence-corrected chi connectivity index (χ0v) is 17.0. The van der Waals surface area contributed by atoms with E-state index in [0.29, 0.717) is 27.7 Å². The molecule has 3 aromatic rings. The van der Waals surface area contributed by atoms with Crippen LogP contribution in [0.5, 0.6) is 5.75 Å². The second kappa shape index (κ2) is 7.97. The highest BCUT2D eigenvalue weighted by Gasteiger charge is 2.25. The molecule has 7 heteroatoms. The second-order valence-electron chi connectivity index (χ2n) is 6.72. The van der Waals surface area contributed by atoms with E-state index < -0.39 is 0 Å². The lowest BCUT2D eigenvalue weighted by Crippen LogP contribution is -2.35. The van der Waals surface area contributed by atoms with Crippen molar-refractivity contribution in [1.29, 1.82) is 0 Å². The molecule has 0 N–H and O–H groups in total. The van der Waals surface area contributed by atoms with Gasteiger partial charge in [0.05, 0.1) is 12.1 Å². The lowest BCUT2D eigenvalue weighted by molar-refractivity contribution is 0.0772. The second-order valence-corrected chi connectivity index (χ2v) is 8.15. The lowest BCUT2D eigenvalue weighted by atomic mass is 10.2. The molecule has 0 spiro atoms. The summed E-state index contributed by atoms with van der Waals surface area (Å²) in [6.07, 6.45) is 0.870. The van der Waals surface area contributed by atoms with Crippen molar-refractivity contribution in [3.63, 3.8) is 0 Å². The van der Waals surface area contributed by atoms with Gasteiger partial charge in [0.25, 0.3) is 5.91 Å². The normalized spacial score (nSPS) is 15.0. The maximum Gasteiger partial charge on any atom is 0.265 e. The van der Waals surface area contributed by atoms with Crippen LogP contribution in [0.2, 0.25) is 5.02 Å². The predicted octanol–water partition coefficient (Wildman–Crippen LogP) is 5.05. The fourth-order valence-corrected chi connectivity index (χ4v) is 5.00. The molecule has 1 aliphatic rings. The molecule has 1 saturated heterocycles. The molecule has 1 amide bonds. The first-order valence-electron chi connectivity index (χ1n) is 9.12. The molecule has 28 heavy (non-hydrogen) atoms. The summed E-state index contributed by atoms with van der Waals surface area (Å²) < 4.78 is 19.4. The summed E-state index contributed by atoms with van der Waals surface area (Å²) in [6.45, 7) is 2.91. The molecule has 2 heterocycles. The Labute approximate surface area is 172 Å². The van der Waals surface area contributed by atoms with E-state index >= 15 is 0 Å². The van der Waals surface area contributed by atoms with Gasteiger partial charge in [0.2, 0.25) is 0 Å². The van der Waals surface area contributed by atoms with E-state index in [1.165, 1.54) is 23.5 Å². The molecule has 1 fully saturated rings. The monoisotopic (exact) mass is 418 g/mol. The van der Waals surface area contributed by atoms with Crippen molar-refractivity contribution in [1.82, 2.24) is 4.90 Å². The minimum Gasteiger partial charge on any atom is -0.497 e. The van der Waals surface area contributed by atoms with E-state index in [0.717, 1.165) is 36.3 Å². The number of fused-ring (bicyclic) bond motifs is 1. The van der Waals surface area contributed by atoms with Crippen molar-refractivity contribution >= 4 is 44.6 Å². The third-order valence-electron chi connectivity index (χ3n) is 5.01. The largest absolute Gasteiger partial charge is 0.497 e. The zero-order valence-electron chi connectivity index (χ0n) is 15.5. The molecule has 0 atom stereocenters. The number of rotatable bonds is 3. The molecule has 4 nitrogen and oxygen atoms in total. The molecule has 146 valence electrons. The summed E-state index contributed by atoms with van der Waals surface area (Å²) in [7, 11) is 1.65. The first-order valence-corrected chi connectivity index (χ1v) is 10.3. The third-order valence-corrected chi connectivity index (χ3v) is 6.65. The summed E-state index contributed by atoms with van der Waals surface area (Å²) in [5.74, 6) is 0.420. The number of hydrogen-bond donors (Lipinski definition) is 0. The molecule has 0 aliphatic carbocycles. The van der Waals surface area contributed by atoms with Gasteiger partial charge in [0, 0.05) is 42.0 Å². The van der Waals surface area contributed by atoms with E-state index in [2.05, 4.69) is 4.90 Å². The van der Waals surface area contributed by atoms with Crippen LogP contribution in [0, 0.1) is 5.82 Å². The SMILES string of the molecule is COc1ccc(N2CCCN(C(=O)c3sc4cc(F)ccc4c3Cl)CC2)cc1. The van der Waals surface area contributed by atoms with Crippen molar-refractivity contribution in [2.45, 2.75) is 6.42 Å². The number of nitrogens with zero attached hydrogens (tertiary/aromatic N) is 2. The average Bonchev–Trinajstić information content (AvgIpc) is 2.88. The zero-order chi connectivity index (χ0) is 19.7. The van der Waals surface area contributed by atoms with Gasteiger partial charge in [-0.2, -0.15) is 0 Å². The lowest BCUT2D eigenvalue weighted by Gasteiger charge is -2.23. The van der Waals surface area contributed by atoms with Gasteiger partial charge in [0.1, 0.15) is 16.4 Å². The highest BCUT2D eigenvalue weighted by atomic mass is 35.5. The summed E-state index contributed by atoms with van der Waals surface area (Å²) in [6, 6.07) is 12.4. The van der Waals surface area contributed by atoms with E-state index in [1.54, 1.807) is 13.2 Å². The number of carbonyl (C=O) groups excluding carboxylic acids is 1. The van der Waals surface area contributed by atoms with Crippen molar-refractivity contribution in [2.75, 3.05) is 38.2 Å². The van der Waals surface area contributed by atoms with Gasteiger partial charge >= 0.3 is 0 Å². The number of ether oxygens (including phenoxy) is 1. The van der Waals surface area contributed by atoms with Crippen LogP contribution in [-0.2, 0) is 0 Å². The Hall–Kier alpha value is -2.31. The predicted molar refractivity (Wildman–Crippen MR) is 113 cm³/mol. The van der Waals surface area contributed by atoms with E-state index in [1.807, 2.05) is 29.2 Å². The van der Waals surface area contributed by atoms with Gasteiger partial charge in [-0.3, -0.25) is 4.79 Å². The van der Waals surface area contributed by atoms with Crippen molar-refractivity contribution in [2.24, 2.45) is 0 Å². The number of benzene rings is 2. The standard InChI is InChI=1S/C21H20ClFN2O2S/c1-27-16-6-4-15(5-7-16)24-9-2-10-25(12-11-24)21(26)20-19(22)17-8-3-14(23)13-18(17)28-20/h3-8,13H,2,9-12H2,1H3. The molecule has 0 saturated carbocycles. The van der Waals surface area contributed by atoms with Gasteiger partial charge in [-0.25, -0.2) is 4.39 Å². The van der Waals surface area contributed by atoms with Crippen LogP contribution >= 0.6 is 22.9 Å². The van der Waals surface area contributed by atoms with Crippen LogP contribution in [0.1, 0.15) is 16.1 Å². The minimum atomic E-state index is -0.325. The van der Waals surface area contributed by atoms with Gasteiger partial charge in [-0.05, 0) is 48.9 Å². The molecule has 1 aliphatic heterocycles.